The topological polar surface area (TPSA) is 64.1 Å². The smallest absolute Gasteiger partial charge is 0.191 e. The van der Waals surface area contributed by atoms with E-state index in [0.29, 0.717) is 12.6 Å². The van der Waals surface area contributed by atoms with Gasteiger partial charge in [0.15, 0.2) is 5.96 Å². The number of hydrogen-bond donors (Lipinski definition) is 2. The molecule has 122 valence electrons. The highest BCUT2D eigenvalue weighted by Crippen LogP contribution is 2.27. The molecule has 0 radical (unpaired) electrons. The first-order valence-electron chi connectivity index (χ1n) is 7.58. The molecule has 6 heteroatoms. The highest BCUT2D eigenvalue weighted by molar-refractivity contribution is 5.80. The molecular formula is C16H25N3O3. The lowest BCUT2D eigenvalue weighted by atomic mass is 10.3. The largest absolute Gasteiger partial charge is 0.496 e. The zero-order valence-corrected chi connectivity index (χ0v) is 13.5. The molecule has 0 aromatic heterocycles. The Morgan fingerprint density at radius 1 is 1.14 bits per heavy atom. The normalized spacial score (nSPS) is 14.4. The number of rotatable bonds is 8. The molecule has 0 unspecified atom stereocenters. The van der Waals surface area contributed by atoms with E-state index in [2.05, 4.69) is 15.6 Å². The molecule has 0 atom stereocenters. The summed E-state index contributed by atoms with van der Waals surface area (Å²) in [6.07, 6.45) is 3.36. The van der Waals surface area contributed by atoms with Crippen molar-refractivity contribution in [2.75, 3.05) is 34.4 Å². The van der Waals surface area contributed by atoms with E-state index < -0.39 is 0 Å². The third-order valence-electron chi connectivity index (χ3n) is 3.35. The van der Waals surface area contributed by atoms with Gasteiger partial charge in [0.2, 0.25) is 0 Å². The molecule has 22 heavy (non-hydrogen) atoms. The van der Waals surface area contributed by atoms with Crippen LogP contribution in [0.15, 0.2) is 23.2 Å². The molecule has 1 aliphatic rings. The average molecular weight is 307 g/mol. The van der Waals surface area contributed by atoms with Crippen molar-refractivity contribution in [2.45, 2.75) is 25.3 Å². The van der Waals surface area contributed by atoms with Crippen molar-refractivity contribution in [3.8, 4) is 17.2 Å². The van der Waals surface area contributed by atoms with E-state index in [-0.39, 0.29) is 0 Å². The van der Waals surface area contributed by atoms with Crippen LogP contribution in [0.25, 0.3) is 0 Å². The Hall–Kier alpha value is -2.11. The molecule has 0 bridgehead atoms. The van der Waals surface area contributed by atoms with Crippen LogP contribution in [0.4, 0.5) is 0 Å². The molecule has 1 aromatic rings. The van der Waals surface area contributed by atoms with Crippen molar-refractivity contribution in [1.82, 2.24) is 10.6 Å². The van der Waals surface area contributed by atoms with E-state index in [0.717, 1.165) is 36.2 Å². The van der Waals surface area contributed by atoms with Gasteiger partial charge in [-0.1, -0.05) is 0 Å². The second-order valence-corrected chi connectivity index (χ2v) is 5.17. The Kier molecular flexibility index (Phi) is 6.18. The van der Waals surface area contributed by atoms with Gasteiger partial charge in [-0.3, -0.25) is 4.99 Å². The molecule has 0 amide bonds. The Bertz CT molecular complexity index is 479. The molecule has 2 N–H and O–H groups in total. The highest BCUT2D eigenvalue weighted by Gasteiger charge is 2.21. The van der Waals surface area contributed by atoms with Crippen LogP contribution in [0.1, 0.15) is 19.3 Å². The molecular weight excluding hydrogens is 282 g/mol. The number of nitrogens with one attached hydrogen (secondary N) is 2. The van der Waals surface area contributed by atoms with E-state index in [1.54, 1.807) is 21.3 Å². The van der Waals surface area contributed by atoms with Gasteiger partial charge in [0.1, 0.15) is 17.2 Å². The molecule has 1 fully saturated rings. The lowest BCUT2D eigenvalue weighted by molar-refractivity contribution is 0.305. The number of methoxy groups -OCH3 is 2. The quantitative estimate of drug-likeness (QED) is 0.435. The molecule has 0 spiro atoms. The number of nitrogens with zero attached hydrogens (tertiary/aromatic N) is 1. The molecule has 1 aliphatic carbocycles. The summed E-state index contributed by atoms with van der Waals surface area (Å²) in [5.74, 6) is 3.06. The summed E-state index contributed by atoms with van der Waals surface area (Å²) in [5.41, 5.74) is 0. The van der Waals surface area contributed by atoms with E-state index in [1.165, 1.54) is 12.8 Å². The Morgan fingerprint density at radius 3 is 2.32 bits per heavy atom. The van der Waals surface area contributed by atoms with E-state index in [4.69, 9.17) is 14.2 Å². The second-order valence-electron chi connectivity index (χ2n) is 5.17. The van der Waals surface area contributed by atoms with Gasteiger partial charge in [0.05, 0.1) is 20.8 Å². The predicted molar refractivity (Wildman–Crippen MR) is 87.2 cm³/mol. The van der Waals surface area contributed by atoms with Gasteiger partial charge in [0, 0.05) is 37.8 Å². The van der Waals surface area contributed by atoms with Crippen molar-refractivity contribution in [3.05, 3.63) is 18.2 Å². The van der Waals surface area contributed by atoms with Gasteiger partial charge in [-0.05, 0) is 19.3 Å². The molecule has 0 heterocycles. The third kappa shape index (κ3) is 5.35. The van der Waals surface area contributed by atoms with Crippen LogP contribution < -0.4 is 24.8 Å². The Labute approximate surface area is 131 Å². The van der Waals surface area contributed by atoms with Crippen LogP contribution >= 0.6 is 0 Å². The Balaban J connectivity index is 1.69. The van der Waals surface area contributed by atoms with Gasteiger partial charge in [0.25, 0.3) is 0 Å². The third-order valence-corrected chi connectivity index (χ3v) is 3.35. The average Bonchev–Trinajstić information content (AvgIpc) is 3.37. The van der Waals surface area contributed by atoms with Crippen molar-refractivity contribution >= 4 is 5.96 Å². The first-order chi connectivity index (χ1) is 10.7. The fourth-order valence-electron chi connectivity index (χ4n) is 1.95. The monoisotopic (exact) mass is 307 g/mol. The first-order valence-corrected chi connectivity index (χ1v) is 7.58. The highest BCUT2D eigenvalue weighted by atomic mass is 16.5. The van der Waals surface area contributed by atoms with Gasteiger partial charge < -0.3 is 24.8 Å². The minimum absolute atomic E-state index is 0.603. The van der Waals surface area contributed by atoms with Crippen molar-refractivity contribution in [1.29, 1.82) is 0 Å². The molecule has 1 aromatic carbocycles. The standard InChI is InChI=1S/C16H25N3O3/c1-17-16(19-12-5-6-12)18-7-4-8-22-15-10-13(20-2)9-14(11-15)21-3/h9-12H,4-8H2,1-3H3,(H2,17,18,19). The van der Waals surface area contributed by atoms with Crippen molar-refractivity contribution < 1.29 is 14.2 Å². The summed E-state index contributed by atoms with van der Waals surface area (Å²) in [6.45, 7) is 1.43. The summed E-state index contributed by atoms with van der Waals surface area (Å²) in [6, 6.07) is 6.13. The molecule has 6 nitrogen and oxygen atoms in total. The molecule has 0 aliphatic heterocycles. The van der Waals surface area contributed by atoms with Crippen LogP contribution in [0.5, 0.6) is 17.2 Å². The lowest BCUT2D eigenvalue weighted by Gasteiger charge is -2.12. The summed E-state index contributed by atoms with van der Waals surface area (Å²) in [7, 11) is 5.04. The molecule has 2 rings (SSSR count). The fourth-order valence-corrected chi connectivity index (χ4v) is 1.95. The maximum atomic E-state index is 5.74. The van der Waals surface area contributed by atoms with Gasteiger partial charge in [-0.2, -0.15) is 0 Å². The van der Waals surface area contributed by atoms with Crippen molar-refractivity contribution in [2.24, 2.45) is 4.99 Å². The predicted octanol–water partition coefficient (Wildman–Crippen LogP) is 1.80. The zero-order chi connectivity index (χ0) is 15.8. The number of benzene rings is 1. The summed E-state index contributed by atoms with van der Waals surface area (Å²) in [4.78, 5) is 4.19. The van der Waals surface area contributed by atoms with Crippen molar-refractivity contribution in [3.63, 3.8) is 0 Å². The van der Waals surface area contributed by atoms with E-state index in [9.17, 15) is 0 Å². The number of aliphatic imine (C=N–C) groups is 1. The lowest BCUT2D eigenvalue weighted by Crippen LogP contribution is -2.39. The van der Waals surface area contributed by atoms with Crippen LogP contribution in [0.2, 0.25) is 0 Å². The minimum Gasteiger partial charge on any atom is -0.496 e. The number of ether oxygens (including phenoxy) is 3. The summed E-state index contributed by atoms with van der Waals surface area (Å²) in [5, 5.41) is 6.63. The SMILES string of the molecule is CN=C(NCCCOc1cc(OC)cc(OC)c1)NC1CC1. The number of guanidine groups is 1. The maximum absolute atomic E-state index is 5.74. The zero-order valence-electron chi connectivity index (χ0n) is 13.5. The summed E-state index contributed by atoms with van der Waals surface area (Å²) >= 11 is 0. The molecule has 0 saturated heterocycles. The van der Waals surface area contributed by atoms with Gasteiger partial charge in [-0.25, -0.2) is 0 Å². The van der Waals surface area contributed by atoms with Crippen LogP contribution in [0.3, 0.4) is 0 Å². The van der Waals surface area contributed by atoms with Gasteiger partial charge in [-0.15, -0.1) is 0 Å². The maximum Gasteiger partial charge on any atom is 0.191 e. The Morgan fingerprint density at radius 2 is 1.77 bits per heavy atom. The second kappa shape index (κ2) is 8.36. The van der Waals surface area contributed by atoms with Crippen LogP contribution in [0, 0.1) is 0 Å². The van der Waals surface area contributed by atoms with E-state index >= 15 is 0 Å². The number of hydrogen-bond acceptors (Lipinski definition) is 4. The van der Waals surface area contributed by atoms with E-state index in [1.807, 2.05) is 18.2 Å². The van der Waals surface area contributed by atoms with Crippen LogP contribution in [-0.2, 0) is 0 Å². The van der Waals surface area contributed by atoms with Crippen LogP contribution in [-0.4, -0.2) is 46.4 Å². The summed E-state index contributed by atoms with van der Waals surface area (Å²) < 4.78 is 16.2. The fraction of sp³-hybridized carbons (Fsp3) is 0.562. The minimum atomic E-state index is 0.603. The first kappa shape index (κ1) is 16.3. The van der Waals surface area contributed by atoms with Gasteiger partial charge >= 0.3 is 0 Å². The molecule has 1 saturated carbocycles.